The number of halogens is 2. The lowest BCUT2D eigenvalue weighted by molar-refractivity contribution is -0.0504. The van der Waals surface area contributed by atoms with Gasteiger partial charge in [-0.05, 0) is 26.3 Å². The fourth-order valence-corrected chi connectivity index (χ4v) is 2.33. The van der Waals surface area contributed by atoms with Crippen molar-refractivity contribution in [2.45, 2.75) is 46.9 Å². The van der Waals surface area contributed by atoms with Crippen LogP contribution >= 0.6 is 0 Å². The molecule has 1 aromatic heterocycles. The summed E-state index contributed by atoms with van der Waals surface area (Å²) in [6.45, 7) is 4.25. The van der Waals surface area contributed by atoms with Crippen LogP contribution in [0.1, 0.15) is 36.4 Å². The van der Waals surface area contributed by atoms with Crippen LogP contribution in [0.3, 0.4) is 0 Å². The average Bonchev–Trinajstić information content (AvgIpc) is 3.07. The predicted molar refractivity (Wildman–Crippen MR) is 95.3 cm³/mol. The van der Waals surface area contributed by atoms with Gasteiger partial charge < -0.3 is 19.9 Å². The van der Waals surface area contributed by atoms with Crippen molar-refractivity contribution < 1.29 is 18.0 Å². The van der Waals surface area contributed by atoms with Crippen LogP contribution in [0.5, 0.6) is 5.75 Å². The molecule has 0 bridgehead atoms. The van der Waals surface area contributed by atoms with Gasteiger partial charge in [-0.3, -0.25) is 0 Å². The minimum Gasteiger partial charge on any atom is -0.434 e. The van der Waals surface area contributed by atoms with Crippen LogP contribution in [0.15, 0.2) is 33.8 Å². The quantitative estimate of drug-likeness (QED) is 0.553. The van der Waals surface area contributed by atoms with Gasteiger partial charge in [0.2, 0.25) is 0 Å². The third kappa shape index (κ3) is 6.02. The third-order valence-electron chi connectivity index (χ3n) is 3.58. The number of guanidine groups is 1. The molecule has 0 amide bonds. The maximum atomic E-state index is 12.6. The van der Waals surface area contributed by atoms with E-state index in [4.69, 9.17) is 4.52 Å². The van der Waals surface area contributed by atoms with Crippen LogP contribution in [0.2, 0.25) is 0 Å². The average molecular weight is 366 g/mol. The third-order valence-corrected chi connectivity index (χ3v) is 3.58. The van der Waals surface area contributed by atoms with Crippen molar-refractivity contribution in [2.75, 3.05) is 6.54 Å². The van der Waals surface area contributed by atoms with E-state index in [9.17, 15) is 8.78 Å². The lowest BCUT2D eigenvalue weighted by atomic mass is 10.1. The molecule has 6 nitrogen and oxygen atoms in total. The van der Waals surface area contributed by atoms with E-state index in [0.29, 0.717) is 30.4 Å². The Morgan fingerprint density at radius 1 is 1.27 bits per heavy atom. The van der Waals surface area contributed by atoms with Crippen LogP contribution < -0.4 is 15.4 Å². The lowest BCUT2D eigenvalue weighted by Crippen LogP contribution is -2.36. The molecule has 8 heteroatoms. The van der Waals surface area contributed by atoms with Crippen LogP contribution in [-0.4, -0.2) is 24.3 Å². The number of aromatic nitrogens is 1. The van der Waals surface area contributed by atoms with E-state index >= 15 is 0 Å². The highest BCUT2D eigenvalue weighted by molar-refractivity contribution is 5.79. The molecule has 0 atom stereocenters. The number of hydrogen-bond donors (Lipinski definition) is 2. The summed E-state index contributed by atoms with van der Waals surface area (Å²) in [7, 11) is 0. The molecule has 0 fully saturated rings. The molecule has 0 spiro atoms. The van der Waals surface area contributed by atoms with Crippen LogP contribution in [0, 0.1) is 6.92 Å². The van der Waals surface area contributed by atoms with Crippen LogP contribution in [0.4, 0.5) is 8.78 Å². The Hall–Kier alpha value is -2.64. The Morgan fingerprint density at radius 2 is 2.08 bits per heavy atom. The first-order chi connectivity index (χ1) is 12.5. The van der Waals surface area contributed by atoms with Gasteiger partial charge in [-0.1, -0.05) is 29.8 Å². The van der Waals surface area contributed by atoms with Gasteiger partial charge in [-0.25, -0.2) is 4.99 Å². The van der Waals surface area contributed by atoms with Gasteiger partial charge in [0, 0.05) is 18.2 Å². The van der Waals surface area contributed by atoms with Gasteiger partial charge in [-0.2, -0.15) is 8.78 Å². The zero-order valence-corrected chi connectivity index (χ0v) is 15.2. The highest BCUT2D eigenvalue weighted by Gasteiger charge is 2.10. The molecule has 2 N–H and O–H groups in total. The van der Waals surface area contributed by atoms with Crippen molar-refractivity contribution in [3.63, 3.8) is 0 Å². The topological polar surface area (TPSA) is 71.7 Å². The second kappa shape index (κ2) is 9.74. The monoisotopic (exact) mass is 366 g/mol. The molecule has 0 aliphatic carbocycles. The lowest BCUT2D eigenvalue weighted by Gasteiger charge is -2.12. The molecule has 1 aromatic carbocycles. The Morgan fingerprint density at radius 3 is 2.73 bits per heavy atom. The van der Waals surface area contributed by atoms with Crippen molar-refractivity contribution in [3.8, 4) is 5.75 Å². The number of hydrogen-bond acceptors (Lipinski definition) is 4. The summed E-state index contributed by atoms with van der Waals surface area (Å²) < 4.78 is 34.9. The number of aliphatic imine (C=N–C) groups is 1. The van der Waals surface area contributed by atoms with Gasteiger partial charge >= 0.3 is 6.61 Å². The molecule has 0 unspecified atom stereocenters. The fourth-order valence-electron chi connectivity index (χ4n) is 2.33. The minimum absolute atomic E-state index is 0.132. The fraction of sp³-hybridized carbons (Fsp3) is 0.444. The number of ether oxygens (including phenoxy) is 1. The van der Waals surface area contributed by atoms with E-state index in [1.54, 1.807) is 12.1 Å². The first-order valence-corrected chi connectivity index (χ1v) is 8.52. The summed E-state index contributed by atoms with van der Waals surface area (Å²) >= 11 is 0. The first-order valence-electron chi connectivity index (χ1n) is 8.52. The van der Waals surface area contributed by atoms with Crippen molar-refractivity contribution in [3.05, 3.63) is 46.8 Å². The van der Waals surface area contributed by atoms with Gasteiger partial charge in [0.1, 0.15) is 5.75 Å². The highest BCUT2D eigenvalue weighted by atomic mass is 19.3. The van der Waals surface area contributed by atoms with E-state index in [1.807, 2.05) is 26.8 Å². The van der Waals surface area contributed by atoms with Crippen molar-refractivity contribution in [2.24, 2.45) is 4.99 Å². The Balaban J connectivity index is 2.07. The van der Waals surface area contributed by atoms with Gasteiger partial charge in [0.05, 0.1) is 18.8 Å². The molecule has 0 aliphatic heterocycles. The predicted octanol–water partition coefficient (Wildman–Crippen LogP) is 3.40. The number of rotatable bonds is 8. The second-order valence-corrected chi connectivity index (χ2v) is 5.68. The Kier molecular flexibility index (Phi) is 7.37. The number of nitrogens with zero attached hydrogens (tertiary/aromatic N) is 2. The van der Waals surface area contributed by atoms with E-state index in [2.05, 4.69) is 25.5 Å². The summed E-state index contributed by atoms with van der Waals surface area (Å²) in [6, 6.07) is 6.93. The van der Waals surface area contributed by atoms with E-state index in [-0.39, 0.29) is 12.3 Å². The zero-order chi connectivity index (χ0) is 18.9. The molecule has 0 radical (unpaired) electrons. The molecular weight excluding hydrogens is 342 g/mol. The maximum absolute atomic E-state index is 12.6. The molecule has 0 saturated heterocycles. The van der Waals surface area contributed by atoms with Crippen LogP contribution in [-0.2, 0) is 19.5 Å². The summed E-state index contributed by atoms with van der Waals surface area (Å²) in [5.74, 6) is 1.38. The number of aryl methyl sites for hydroxylation is 2. The normalized spacial score (nSPS) is 11.7. The molecule has 2 rings (SSSR count). The van der Waals surface area contributed by atoms with Crippen LogP contribution in [0.25, 0.3) is 0 Å². The standard InChI is InChI=1S/C18H24F2N4O2/c1-4-14-9-15(26-24-14)11-23-18(21-5-2)22-10-13-8-12(3)6-7-16(13)25-17(19)20/h6-9,17H,4-5,10-11H2,1-3H3,(H2,21,22,23). The summed E-state index contributed by atoms with van der Waals surface area (Å²) in [6.07, 6.45) is 0.804. The van der Waals surface area contributed by atoms with Crippen molar-refractivity contribution in [1.29, 1.82) is 0 Å². The molecular formula is C18H24F2N4O2. The SMILES string of the molecule is CCNC(=NCc1cc(C)ccc1OC(F)F)NCc1cc(CC)no1. The summed E-state index contributed by atoms with van der Waals surface area (Å²) in [4.78, 5) is 4.44. The molecule has 1 heterocycles. The molecule has 0 saturated carbocycles. The molecule has 142 valence electrons. The van der Waals surface area contributed by atoms with E-state index in [1.165, 1.54) is 6.07 Å². The number of alkyl halides is 2. The van der Waals surface area contributed by atoms with Gasteiger partial charge in [-0.15, -0.1) is 0 Å². The Bertz CT molecular complexity index is 732. The number of nitrogens with one attached hydrogen (secondary N) is 2. The summed E-state index contributed by atoms with van der Waals surface area (Å²) in [5, 5.41) is 10.2. The van der Waals surface area contributed by atoms with E-state index in [0.717, 1.165) is 17.7 Å². The smallest absolute Gasteiger partial charge is 0.387 e. The maximum Gasteiger partial charge on any atom is 0.387 e. The largest absolute Gasteiger partial charge is 0.434 e. The first kappa shape index (κ1) is 19.7. The van der Waals surface area contributed by atoms with Crippen molar-refractivity contribution in [1.82, 2.24) is 15.8 Å². The molecule has 26 heavy (non-hydrogen) atoms. The minimum atomic E-state index is -2.87. The second-order valence-electron chi connectivity index (χ2n) is 5.68. The molecule has 0 aliphatic rings. The molecule has 2 aromatic rings. The van der Waals surface area contributed by atoms with Crippen molar-refractivity contribution >= 4 is 5.96 Å². The van der Waals surface area contributed by atoms with Gasteiger partial charge in [0.15, 0.2) is 11.7 Å². The van der Waals surface area contributed by atoms with Gasteiger partial charge in [0.25, 0.3) is 0 Å². The zero-order valence-electron chi connectivity index (χ0n) is 15.2. The summed E-state index contributed by atoms with van der Waals surface area (Å²) in [5.41, 5.74) is 2.43. The van der Waals surface area contributed by atoms with E-state index < -0.39 is 6.61 Å². The Labute approximate surface area is 151 Å². The number of benzene rings is 1. The highest BCUT2D eigenvalue weighted by Crippen LogP contribution is 2.22.